The predicted molar refractivity (Wildman–Crippen MR) is 299 cm³/mol. The third kappa shape index (κ3) is 8.38. The third-order valence-corrected chi connectivity index (χ3v) is 14.3. The molecule has 0 heterocycles. The average molecular weight is 890 g/mol. The number of anilines is 2. The Kier molecular flexibility index (Phi) is 11.3. The molecule has 0 radical (unpaired) electrons. The molecule has 1 heteroatoms. The molecule has 0 aliphatic heterocycles. The molecule has 0 N–H and O–H groups in total. The van der Waals surface area contributed by atoms with E-state index < -0.39 is 0 Å². The van der Waals surface area contributed by atoms with E-state index in [0.717, 1.165) is 12.1 Å². The number of para-hydroxylation sites is 1. The van der Waals surface area contributed by atoms with Crippen molar-refractivity contribution in [2.75, 3.05) is 4.90 Å². The third-order valence-electron chi connectivity index (χ3n) is 14.3. The number of benzene rings is 10. The summed E-state index contributed by atoms with van der Waals surface area (Å²) in [6.45, 7) is 14.0. The van der Waals surface area contributed by atoms with E-state index in [4.69, 9.17) is 0 Å². The van der Waals surface area contributed by atoms with E-state index in [0.29, 0.717) is 0 Å². The normalized spacial score (nSPS) is 14.1. The highest BCUT2D eigenvalue weighted by molar-refractivity contribution is 6.12. The largest absolute Gasteiger partial charge is 0.333 e. The lowest BCUT2D eigenvalue weighted by molar-refractivity contribution is 0.569. The van der Waals surface area contributed by atoms with E-state index in [1.165, 1.54) is 105 Å². The maximum atomic E-state index is 2.64. The van der Waals surface area contributed by atoms with Gasteiger partial charge in [0, 0.05) is 16.9 Å². The summed E-state index contributed by atoms with van der Waals surface area (Å²) < 4.78 is 0. The molecule has 1 aliphatic rings. The van der Waals surface area contributed by atoms with Crippen molar-refractivity contribution in [3.05, 3.63) is 247 Å². The quantitative estimate of drug-likeness (QED) is 0.137. The predicted octanol–water partition coefficient (Wildman–Crippen LogP) is 19.0. The van der Waals surface area contributed by atoms with Crippen molar-refractivity contribution in [1.29, 1.82) is 0 Å². The molecule has 0 aromatic heterocycles. The molecule has 0 amide bonds. The van der Waals surface area contributed by atoms with Gasteiger partial charge >= 0.3 is 0 Å². The van der Waals surface area contributed by atoms with Gasteiger partial charge in [-0.25, -0.2) is 0 Å². The molecule has 0 bridgehead atoms. The fourth-order valence-electron chi connectivity index (χ4n) is 10.6. The van der Waals surface area contributed by atoms with Gasteiger partial charge in [-0.15, -0.1) is 0 Å². The Balaban J connectivity index is 1.11. The van der Waals surface area contributed by atoms with Crippen LogP contribution >= 0.6 is 0 Å². The van der Waals surface area contributed by atoms with E-state index >= 15 is 0 Å². The van der Waals surface area contributed by atoms with Gasteiger partial charge < -0.3 is 4.90 Å². The lowest BCUT2D eigenvalue weighted by atomic mass is 9.78. The van der Waals surface area contributed by atoms with E-state index in [1.54, 1.807) is 0 Å². The Morgan fingerprint density at radius 2 is 0.971 bits per heavy atom. The van der Waals surface area contributed by atoms with Crippen LogP contribution in [0.1, 0.15) is 64.7 Å². The van der Waals surface area contributed by atoms with Gasteiger partial charge in [-0.3, -0.25) is 0 Å². The van der Waals surface area contributed by atoms with E-state index in [9.17, 15) is 0 Å². The molecule has 1 aliphatic carbocycles. The van der Waals surface area contributed by atoms with Crippen molar-refractivity contribution in [2.45, 2.75) is 64.8 Å². The number of hydrogen-bond donors (Lipinski definition) is 0. The summed E-state index contributed by atoms with van der Waals surface area (Å²) in [6.07, 6.45) is 7.85. The fraction of sp³-hybridized carbons (Fsp3) is 0.147. The molecule has 10 aromatic carbocycles. The van der Waals surface area contributed by atoms with Crippen LogP contribution in [0.5, 0.6) is 0 Å². The summed E-state index contributed by atoms with van der Waals surface area (Å²) in [5, 5.41) is 7.60. The highest BCUT2D eigenvalue weighted by Gasteiger charge is 2.30. The number of allylic oxidation sites excluding steroid dienone is 2. The van der Waals surface area contributed by atoms with Crippen molar-refractivity contribution >= 4 is 49.3 Å². The Morgan fingerprint density at radius 3 is 1.74 bits per heavy atom. The highest BCUT2D eigenvalue weighted by atomic mass is 15.2. The van der Waals surface area contributed by atoms with E-state index in [1.807, 2.05) is 0 Å². The number of hydrogen-bond acceptors (Lipinski definition) is 1. The second-order valence-electron chi connectivity index (χ2n) is 20.9. The molecular formula is C68H59N. The van der Waals surface area contributed by atoms with Gasteiger partial charge in [-0.1, -0.05) is 254 Å². The van der Waals surface area contributed by atoms with Crippen LogP contribution in [0.2, 0.25) is 0 Å². The smallest absolute Gasteiger partial charge is 0.0632 e. The van der Waals surface area contributed by atoms with Crippen molar-refractivity contribution in [3.63, 3.8) is 0 Å². The topological polar surface area (TPSA) is 3.24 Å². The minimum atomic E-state index is -0.0313. The van der Waals surface area contributed by atoms with Crippen LogP contribution in [0.15, 0.2) is 231 Å². The second-order valence-corrected chi connectivity index (χ2v) is 20.9. The summed E-state index contributed by atoms with van der Waals surface area (Å²) in [5.74, 6) is 0. The number of fused-ring (bicyclic) bond motifs is 4. The van der Waals surface area contributed by atoms with Crippen LogP contribution in [-0.4, -0.2) is 6.04 Å². The molecule has 336 valence electrons. The minimum absolute atomic E-state index is 0.00463. The summed E-state index contributed by atoms with van der Waals surface area (Å²) in [7, 11) is 0. The van der Waals surface area contributed by atoms with Crippen LogP contribution in [0, 0.1) is 0 Å². The number of nitrogens with zero attached hydrogens (tertiary/aromatic N) is 1. The van der Waals surface area contributed by atoms with Gasteiger partial charge in [0.05, 0.1) is 6.04 Å². The van der Waals surface area contributed by atoms with Crippen LogP contribution in [-0.2, 0) is 10.8 Å². The Labute approximate surface area is 408 Å². The lowest BCUT2D eigenvalue weighted by Gasteiger charge is -2.38. The molecule has 11 rings (SSSR count). The van der Waals surface area contributed by atoms with E-state index in [2.05, 4.69) is 277 Å². The summed E-state index contributed by atoms with van der Waals surface area (Å²) in [6, 6.07) is 79.2. The maximum absolute atomic E-state index is 2.64. The molecule has 0 saturated heterocycles. The average Bonchev–Trinajstić information content (AvgIpc) is 3.38. The summed E-state index contributed by atoms with van der Waals surface area (Å²) >= 11 is 0. The molecule has 1 unspecified atom stereocenters. The van der Waals surface area contributed by atoms with Crippen LogP contribution in [0.3, 0.4) is 0 Å². The van der Waals surface area contributed by atoms with Crippen molar-refractivity contribution in [2.24, 2.45) is 0 Å². The highest BCUT2D eigenvalue weighted by Crippen LogP contribution is 2.46. The molecule has 1 atom stereocenters. The first-order valence-corrected chi connectivity index (χ1v) is 24.6. The van der Waals surface area contributed by atoms with Crippen molar-refractivity contribution in [1.82, 2.24) is 0 Å². The summed E-state index contributed by atoms with van der Waals surface area (Å²) in [4.78, 5) is 2.64. The Morgan fingerprint density at radius 1 is 0.391 bits per heavy atom. The molecule has 1 nitrogen and oxygen atoms in total. The zero-order valence-electron chi connectivity index (χ0n) is 40.7. The van der Waals surface area contributed by atoms with Gasteiger partial charge in [0.15, 0.2) is 0 Å². The van der Waals surface area contributed by atoms with Crippen LogP contribution in [0.25, 0.3) is 82.4 Å². The molecule has 69 heavy (non-hydrogen) atoms. The van der Waals surface area contributed by atoms with Gasteiger partial charge in [-0.2, -0.15) is 0 Å². The van der Waals surface area contributed by atoms with E-state index in [-0.39, 0.29) is 16.9 Å². The summed E-state index contributed by atoms with van der Waals surface area (Å²) in [5.41, 5.74) is 17.4. The first-order valence-electron chi connectivity index (χ1n) is 24.6. The van der Waals surface area contributed by atoms with Gasteiger partial charge in [0.2, 0.25) is 0 Å². The molecule has 0 spiro atoms. The Hall–Kier alpha value is -7.74. The number of rotatable bonds is 8. The van der Waals surface area contributed by atoms with Crippen molar-refractivity contribution < 1.29 is 0 Å². The standard InChI is InChI=1S/C68H59N/c1-67(2,3)53-42-52(43-54(45-53)68(4,5)6)59-31-17-23-50-24-18-33-63(66(50)59)62-29-13-15-35-65(62)69(64-34-14-12-28-58(64)49-38-36-47(37-39-49)46-20-8-7-9-21-46)55-26-16-25-51(44-55)57-30-19-32-60-56-27-11-10-22-48(56)40-41-61(57)60/h7-34,36-45,65H,35H2,1-6H3. The SMILES string of the molecule is CC(C)(C)c1cc(-c2cccc3cccc(C4=CC=CCC4N(c4cccc(-c5cccc6c5ccc5ccccc56)c4)c4ccccc4-c4ccc(-c5ccccc5)cc4)c23)cc(C(C)(C)C)c1. The second kappa shape index (κ2) is 17.7. The molecular weight excluding hydrogens is 831 g/mol. The van der Waals surface area contributed by atoms with Crippen molar-refractivity contribution in [3.8, 4) is 44.5 Å². The molecule has 0 saturated carbocycles. The zero-order chi connectivity index (χ0) is 47.3. The van der Waals surface area contributed by atoms with Gasteiger partial charge in [-0.05, 0) is 129 Å². The fourth-order valence-corrected chi connectivity index (χ4v) is 10.6. The van der Waals surface area contributed by atoms with Gasteiger partial charge in [0.25, 0.3) is 0 Å². The van der Waals surface area contributed by atoms with Gasteiger partial charge in [0.1, 0.15) is 0 Å². The van der Waals surface area contributed by atoms with Crippen LogP contribution < -0.4 is 4.90 Å². The monoisotopic (exact) mass is 889 g/mol. The van der Waals surface area contributed by atoms with Crippen LogP contribution in [0.4, 0.5) is 11.4 Å². The first-order chi connectivity index (χ1) is 33.5. The lowest BCUT2D eigenvalue weighted by Crippen LogP contribution is -2.33. The Bertz CT molecular complexity index is 3550. The molecule has 0 fully saturated rings. The zero-order valence-corrected chi connectivity index (χ0v) is 40.7. The maximum Gasteiger partial charge on any atom is 0.0632 e. The minimum Gasteiger partial charge on any atom is -0.333 e. The first kappa shape index (κ1) is 43.8. The molecule has 10 aromatic rings.